The number of aromatic nitrogens is 3. The molecule has 2 aromatic heterocycles. The molecule has 0 aromatic carbocycles. The van der Waals surface area contributed by atoms with Crippen LogP contribution in [-0.2, 0) is 22.5 Å². The van der Waals surface area contributed by atoms with E-state index in [4.69, 9.17) is 16.3 Å². The number of hydrogen-bond donors (Lipinski definition) is 3. The number of pyridine rings is 1. The summed E-state index contributed by atoms with van der Waals surface area (Å²) in [4.78, 5) is 17.4. The number of aryl methyl sites for hydroxylation is 1. The van der Waals surface area contributed by atoms with Crippen LogP contribution in [-0.4, -0.2) is 46.0 Å². The molecular formula is C23H31ClN6O3. The predicted molar refractivity (Wildman–Crippen MR) is 124 cm³/mol. The lowest BCUT2D eigenvalue weighted by Gasteiger charge is -2.35. The lowest BCUT2D eigenvalue weighted by Crippen LogP contribution is -3.19. The number of nitrogens with zero attached hydrogens (tertiary/aromatic N) is 3. The van der Waals surface area contributed by atoms with Gasteiger partial charge in [-0.25, -0.2) is 4.98 Å². The molecule has 0 bridgehead atoms. The van der Waals surface area contributed by atoms with Crippen molar-refractivity contribution in [3.8, 4) is 11.1 Å². The number of fused-ring (bicyclic) bond motifs is 1. The van der Waals surface area contributed by atoms with E-state index in [1.165, 1.54) is 5.69 Å². The Morgan fingerprint density at radius 1 is 1.21 bits per heavy atom. The Kier molecular flexibility index (Phi) is 6.94. The maximum Gasteiger partial charge on any atom is 0.228 e. The predicted octanol–water partition coefficient (Wildman–Crippen LogP) is 2.11. The Hall–Kier alpha value is -2.04. The Bertz CT molecular complexity index is 993. The highest BCUT2D eigenvalue weighted by molar-refractivity contribution is 6.33. The molecule has 4 atom stereocenters. The molecule has 1 unspecified atom stereocenters. The van der Waals surface area contributed by atoms with Gasteiger partial charge >= 0.3 is 0 Å². The summed E-state index contributed by atoms with van der Waals surface area (Å²) in [5, 5.41) is 20.5. The van der Waals surface area contributed by atoms with E-state index in [1.54, 1.807) is 6.20 Å². The third-order valence-electron chi connectivity index (χ3n) is 7.07. The highest BCUT2D eigenvalue weighted by Gasteiger charge is 2.31. The van der Waals surface area contributed by atoms with E-state index in [0.717, 1.165) is 62.6 Å². The molecule has 1 aliphatic carbocycles. The maximum absolute atomic E-state index is 13.0. The first kappa shape index (κ1) is 22.7. The summed E-state index contributed by atoms with van der Waals surface area (Å²) >= 11 is 6.48. The van der Waals surface area contributed by atoms with E-state index in [9.17, 15) is 10.0 Å². The number of carbonyl (C=O) groups is 1. The van der Waals surface area contributed by atoms with Gasteiger partial charge in [0.15, 0.2) is 0 Å². The van der Waals surface area contributed by atoms with Crippen LogP contribution >= 0.6 is 11.6 Å². The van der Waals surface area contributed by atoms with E-state index in [0.29, 0.717) is 30.5 Å². The number of quaternary nitrogens is 1. The van der Waals surface area contributed by atoms with E-state index in [1.807, 2.05) is 16.9 Å². The molecule has 10 heteroatoms. The minimum Gasteiger partial charge on any atom is -0.613 e. The third kappa shape index (κ3) is 5.07. The molecule has 3 aliphatic rings. The standard InChI is InChI=1S/C23H31ClN6O3/c24-20-13-25-22(11-18(20)19-12-26-29-8-2-1-6-21(19)29)27-23(31)15-4-3-5-16(10-15)28-30(32)17-7-9-33-14-17/h11-13,15-17,28,30H,1-10,14H2,(H,25,27,31)/t15-,16+,17+/m0/s1. The molecule has 0 radical (unpaired) electrons. The number of anilines is 1. The normalized spacial score (nSPS) is 26.1. The molecular weight excluding hydrogens is 444 g/mol. The average molecular weight is 475 g/mol. The van der Waals surface area contributed by atoms with Gasteiger partial charge in [0.2, 0.25) is 5.91 Å². The van der Waals surface area contributed by atoms with Crippen molar-refractivity contribution in [1.82, 2.24) is 20.2 Å². The van der Waals surface area contributed by atoms with Gasteiger partial charge in [0, 0.05) is 41.9 Å². The van der Waals surface area contributed by atoms with Gasteiger partial charge in [-0.3, -0.25) is 14.6 Å². The summed E-state index contributed by atoms with van der Waals surface area (Å²) in [5.41, 5.74) is 6.17. The summed E-state index contributed by atoms with van der Waals surface area (Å²) < 4.78 is 7.37. The zero-order valence-electron chi connectivity index (χ0n) is 18.7. The minimum atomic E-state index is -0.159. The van der Waals surface area contributed by atoms with Crippen LogP contribution in [0.5, 0.6) is 0 Å². The Balaban J connectivity index is 1.24. The van der Waals surface area contributed by atoms with Gasteiger partial charge in [0.25, 0.3) is 0 Å². The largest absolute Gasteiger partial charge is 0.613 e. The highest BCUT2D eigenvalue weighted by atomic mass is 35.5. The van der Waals surface area contributed by atoms with Gasteiger partial charge in [0.05, 0.1) is 23.9 Å². The molecule has 2 aromatic rings. The van der Waals surface area contributed by atoms with Gasteiger partial charge in [-0.05, 0) is 44.6 Å². The van der Waals surface area contributed by atoms with Crippen LogP contribution in [0.3, 0.4) is 0 Å². The Labute approximate surface area is 198 Å². The molecule has 9 nitrogen and oxygen atoms in total. The average Bonchev–Trinajstić information content (AvgIpc) is 3.51. The second-order valence-corrected chi connectivity index (χ2v) is 9.76. The summed E-state index contributed by atoms with van der Waals surface area (Å²) in [6.45, 7) is 2.06. The van der Waals surface area contributed by atoms with Crippen LogP contribution < -0.4 is 15.9 Å². The first-order chi connectivity index (χ1) is 16.1. The van der Waals surface area contributed by atoms with Crippen LogP contribution in [0.15, 0.2) is 18.5 Å². The zero-order valence-corrected chi connectivity index (χ0v) is 19.4. The summed E-state index contributed by atoms with van der Waals surface area (Å²) in [7, 11) is 0. The van der Waals surface area contributed by atoms with Crippen LogP contribution in [0, 0.1) is 11.1 Å². The lowest BCUT2D eigenvalue weighted by atomic mass is 9.85. The Morgan fingerprint density at radius 2 is 2.12 bits per heavy atom. The van der Waals surface area contributed by atoms with Crippen molar-refractivity contribution in [2.24, 2.45) is 5.92 Å². The molecule has 3 N–H and O–H groups in total. The number of hydrogen-bond acceptors (Lipinski definition) is 6. The van der Waals surface area contributed by atoms with Crippen molar-refractivity contribution < 1.29 is 14.7 Å². The Morgan fingerprint density at radius 3 is 2.97 bits per heavy atom. The second-order valence-electron chi connectivity index (χ2n) is 9.35. The van der Waals surface area contributed by atoms with E-state index < -0.39 is 0 Å². The van der Waals surface area contributed by atoms with Gasteiger partial charge in [-0.1, -0.05) is 18.0 Å². The van der Waals surface area contributed by atoms with E-state index in [2.05, 4.69) is 20.8 Å². The molecule has 2 fully saturated rings. The fraction of sp³-hybridized carbons (Fsp3) is 0.609. The maximum atomic E-state index is 13.0. The van der Waals surface area contributed by atoms with Crippen molar-refractivity contribution in [2.45, 2.75) is 70.0 Å². The first-order valence-electron chi connectivity index (χ1n) is 12.0. The number of hydroxylamine groups is 1. The fourth-order valence-corrected chi connectivity index (χ4v) is 5.41. The van der Waals surface area contributed by atoms with Crippen molar-refractivity contribution in [3.05, 3.63) is 34.4 Å². The second kappa shape index (κ2) is 10.1. The first-order valence-corrected chi connectivity index (χ1v) is 12.4. The number of rotatable bonds is 6. The number of nitrogens with one attached hydrogen (secondary N) is 3. The topological polar surface area (TPSA) is 109 Å². The number of halogens is 1. The van der Waals surface area contributed by atoms with Gasteiger partial charge in [-0.15, -0.1) is 0 Å². The van der Waals surface area contributed by atoms with Gasteiger partial charge < -0.3 is 15.3 Å². The summed E-state index contributed by atoms with van der Waals surface area (Å²) in [6.07, 6.45) is 10.7. The van der Waals surface area contributed by atoms with Gasteiger partial charge in [0.1, 0.15) is 18.5 Å². The van der Waals surface area contributed by atoms with Crippen molar-refractivity contribution in [2.75, 3.05) is 18.5 Å². The molecule has 1 saturated heterocycles. The van der Waals surface area contributed by atoms with Crippen molar-refractivity contribution in [1.29, 1.82) is 0 Å². The third-order valence-corrected chi connectivity index (χ3v) is 7.37. The molecule has 5 rings (SSSR count). The lowest BCUT2D eigenvalue weighted by molar-refractivity contribution is -0.923. The van der Waals surface area contributed by atoms with Crippen LogP contribution in [0.4, 0.5) is 5.82 Å². The van der Waals surface area contributed by atoms with Gasteiger partial charge in [-0.2, -0.15) is 10.5 Å². The highest BCUT2D eigenvalue weighted by Crippen LogP contribution is 2.34. The number of ether oxygens (including phenoxy) is 1. The molecule has 33 heavy (non-hydrogen) atoms. The fourth-order valence-electron chi connectivity index (χ4n) is 5.21. The molecule has 1 amide bonds. The minimum absolute atomic E-state index is 0.0234. The van der Waals surface area contributed by atoms with Crippen LogP contribution in [0.1, 0.15) is 50.6 Å². The summed E-state index contributed by atoms with van der Waals surface area (Å²) in [6, 6.07) is 1.80. The molecule has 0 spiro atoms. The quantitative estimate of drug-likeness (QED) is 0.553. The number of carbonyl (C=O) groups excluding carboxylic acids is 1. The van der Waals surface area contributed by atoms with Crippen molar-refractivity contribution in [3.63, 3.8) is 0 Å². The summed E-state index contributed by atoms with van der Waals surface area (Å²) in [5.74, 6) is 0.272. The van der Waals surface area contributed by atoms with Crippen LogP contribution in [0.25, 0.3) is 11.1 Å². The number of amides is 1. The van der Waals surface area contributed by atoms with Crippen molar-refractivity contribution >= 4 is 23.3 Å². The molecule has 178 valence electrons. The van der Waals surface area contributed by atoms with E-state index in [-0.39, 0.29) is 29.1 Å². The molecule has 2 aliphatic heterocycles. The molecule has 1 saturated carbocycles. The zero-order chi connectivity index (χ0) is 22.8. The monoisotopic (exact) mass is 474 g/mol. The van der Waals surface area contributed by atoms with Crippen LogP contribution in [0.2, 0.25) is 5.02 Å². The smallest absolute Gasteiger partial charge is 0.228 e. The van der Waals surface area contributed by atoms with E-state index >= 15 is 0 Å². The molecule has 4 heterocycles. The SMILES string of the molecule is O=C(Nc1cc(-c2cnn3c2CCCC3)c(Cl)cn1)[C@H]1CCC[C@@H](N[NH+]([O-])[C@@H]2CCOC2)C1.